The lowest BCUT2D eigenvalue weighted by Crippen LogP contribution is -2.18. The van der Waals surface area contributed by atoms with Gasteiger partial charge in [0.1, 0.15) is 17.4 Å². The van der Waals surface area contributed by atoms with Crippen LogP contribution in [0.25, 0.3) is 0 Å². The van der Waals surface area contributed by atoms with Crippen LogP contribution in [0.1, 0.15) is 29.6 Å². The Morgan fingerprint density at radius 2 is 2.15 bits per heavy atom. The van der Waals surface area contributed by atoms with Crippen LogP contribution < -0.4 is 9.88 Å². The molecule has 0 aliphatic heterocycles. The molecule has 3 N–H and O–H groups in total. The highest BCUT2D eigenvalue weighted by atomic mass is 32.2. The van der Waals surface area contributed by atoms with Gasteiger partial charge < -0.3 is 9.84 Å². The number of allylic oxidation sites excluding steroid dienone is 1. The van der Waals surface area contributed by atoms with Crippen molar-refractivity contribution in [3.8, 4) is 5.75 Å². The molecular formula is C13H15NO5S. The van der Waals surface area contributed by atoms with Crippen molar-refractivity contribution in [2.45, 2.75) is 30.3 Å². The normalized spacial score (nSPS) is 18.8. The number of hydrogen-bond donors (Lipinski definition) is 2. The van der Waals surface area contributed by atoms with Gasteiger partial charge in [-0.25, -0.2) is 18.4 Å². The van der Waals surface area contributed by atoms with Gasteiger partial charge in [0.05, 0.1) is 4.90 Å². The summed E-state index contributed by atoms with van der Waals surface area (Å²) in [6.45, 7) is 0. The minimum atomic E-state index is -3.94. The van der Waals surface area contributed by atoms with Crippen LogP contribution in [0.3, 0.4) is 0 Å². The Bertz CT molecular complexity index is 651. The zero-order chi connectivity index (χ0) is 14.8. The maximum atomic E-state index is 11.2. The Morgan fingerprint density at radius 1 is 1.40 bits per heavy atom. The predicted octanol–water partition coefficient (Wildman–Crippen LogP) is 1.52. The number of rotatable bonds is 4. The van der Waals surface area contributed by atoms with Crippen LogP contribution >= 0.6 is 0 Å². The van der Waals surface area contributed by atoms with Gasteiger partial charge in [0.25, 0.3) is 0 Å². The van der Waals surface area contributed by atoms with Crippen molar-refractivity contribution in [2.24, 2.45) is 5.14 Å². The molecule has 0 aromatic heterocycles. The lowest BCUT2D eigenvalue weighted by molar-refractivity contribution is 0.0690. The number of sulfonamides is 1. The van der Waals surface area contributed by atoms with Gasteiger partial charge in [-0.05, 0) is 43.5 Å². The van der Waals surface area contributed by atoms with Crippen molar-refractivity contribution in [1.82, 2.24) is 0 Å². The molecule has 1 aromatic rings. The highest BCUT2D eigenvalue weighted by Gasteiger charge is 2.19. The predicted molar refractivity (Wildman–Crippen MR) is 72.2 cm³/mol. The van der Waals surface area contributed by atoms with E-state index in [1.165, 1.54) is 12.1 Å². The van der Waals surface area contributed by atoms with Crippen LogP contribution in [-0.4, -0.2) is 25.6 Å². The lowest BCUT2D eigenvalue weighted by Gasteiger charge is -2.19. The summed E-state index contributed by atoms with van der Waals surface area (Å²) < 4.78 is 28.1. The van der Waals surface area contributed by atoms with Gasteiger partial charge in [0.2, 0.25) is 10.0 Å². The average Bonchev–Trinajstić information content (AvgIpc) is 2.38. The van der Waals surface area contributed by atoms with Gasteiger partial charge in [-0.3, -0.25) is 0 Å². The van der Waals surface area contributed by atoms with Gasteiger partial charge in [0, 0.05) is 0 Å². The number of aromatic carboxylic acids is 1. The van der Waals surface area contributed by atoms with Crippen LogP contribution in [0, 0.1) is 0 Å². The minimum Gasteiger partial charge on any atom is -0.485 e. The molecule has 0 fully saturated rings. The van der Waals surface area contributed by atoms with E-state index in [0.717, 1.165) is 25.3 Å². The lowest BCUT2D eigenvalue weighted by atomic mass is 10.1. The fourth-order valence-corrected chi connectivity index (χ4v) is 2.54. The molecule has 0 heterocycles. The Hall–Kier alpha value is -1.86. The van der Waals surface area contributed by atoms with E-state index in [0.29, 0.717) is 0 Å². The molecule has 0 saturated heterocycles. The van der Waals surface area contributed by atoms with Crippen molar-refractivity contribution >= 4 is 16.0 Å². The molecule has 0 spiro atoms. The van der Waals surface area contributed by atoms with Crippen molar-refractivity contribution in [1.29, 1.82) is 0 Å². The summed E-state index contributed by atoms with van der Waals surface area (Å²) in [6.07, 6.45) is 6.42. The van der Waals surface area contributed by atoms with Gasteiger partial charge >= 0.3 is 5.97 Å². The zero-order valence-corrected chi connectivity index (χ0v) is 11.5. The van der Waals surface area contributed by atoms with Gasteiger partial charge in [-0.2, -0.15) is 0 Å². The molecule has 1 aromatic carbocycles. The van der Waals surface area contributed by atoms with E-state index in [1.54, 1.807) is 0 Å². The highest BCUT2D eigenvalue weighted by molar-refractivity contribution is 7.89. The quantitative estimate of drug-likeness (QED) is 0.819. The molecule has 7 heteroatoms. The van der Waals surface area contributed by atoms with E-state index < -0.39 is 16.0 Å². The first kappa shape index (κ1) is 14.5. The monoisotopic (exact) mass is 297 g/mol. The first-order valence-electron chi connectivity index (χ1n) is 6.11. The molecule has 0 saturated carbocycles. The molecule has 20 heavy (non-hydrogen) atoms. The second kappa shape index (κ2) is 5.64. The maximum Gasteiger partial charge on any atom is 0.339 e. The van der Waals surface area contributed by atoms with Crippen molar-refractivity contribution in [3.05, 3.63) is 35.9 Å². The number of hydrogen-bond acceptors (Lipinski definition) is 4. The van der Waals surface area contributed by atoms with Crippen molar-refractivity contribution in [2.75, 3.05) is 0 Å². The third kappa shape index (κ3) is 3.37. The topological polar surface area (TPSA) is 107 Å². The molecule has 1 aliphatic rings. The van der Waals surface area contributed by atoms with E-state index in [1.807, 2.05) is 12.2 Å². The molecule has 0 radical (unpaired) electrons. The zero-order valence-electron chi connectivity index (χ0n) is 10.7. The van der Waals surface area contributed by atoms with Crippen molar-refractivity contribution < 1.29 is 23.1 Å². The minimum absolute atomic E-state index is 0.140. The third-order valence-corrected chi connectivity index (χ3v) is 3.91. The number of carboxylic acids is 1. The SMILES string of the molecule is NS(=O)(=O)c1ccc(OC2C=CCCC2)c(C(=O)O)c1. The number of primary sulfonamides is 1. The van der Waals surface area contributed by atoms with Crippen LogP contribution in [0.2, 0.25) is 0 Å². The first-order chi connectivity index (χ1) is 9.38. The second-order valence-electron chi connectivity index (χ2n) is 4.52. The molecule has 0 amide bonds. The van der Waals surface area contributed by atoms with Crippen LogP contribution in [-0.2, 0) is 10.0 Å². The number of carboxylic acid groups (broad SMARTS) is 1. The van der Waals surface area contributed by atoms with E-state index in [4.69, 9.17) is 15.0 Å². The smallest absolute Gasteiger partial charge is 0.339 e. The number of nitrogens with two attached hydrogens (primary N) is 1. The summed E-state index contributed by atoms with van der Waals surface area (Å²) in [4.78, 5) is 11.0. The Morgan fingerprint density at radius 3 is 2.70 bits per heavy atom. The van der Waals surface area contributed by atoms with E-state index in [2.05, 4.69) is 0 Å². The van der Waals surface area contributed by atoms with Gasteiger partial charge in [-0.1, -0.05) is 6.08 Å². The summed E-state index contributed by atoms with van der Waals surface area (Å²) in [5, 5.41) is 14.1. The third-order valence-electron chi connectivity index (χ3n) is 3.00. The van der Waals surface area contributed by atoms with Gasteiger partial charge in [-0.15, -0.1) is 0 Å². The standard InChI is InChI=1S/C13H15NO5S/c14-20(17,18)10-6-7-12(11(8-10)13(15)16)19-9-4-2-1-3-5-9/h2,4,6-9H,1,3,5H2,(H,15,16)(H2,14,17,18). The molecule has 1 aliphatic carbocycles. The molecule has 108 valence electrons. The molecule has 6 nitrogen and oxygen atoms in total. The Balaban J connectivity index is 2.35. The van der Waals surface area contributed by atoms with Crippen molar-refractivity contribution in [3.63, 3.8) is 0 Å². The molecule has 1 atom stereocenters. The average molecular weight is 297 g/mol. The van der Waals surface area contributed by atoms with Crippen LogP contribution in [0.4, 0.5) is 0 Å². The fourth-order valence-electron chi connectivity index (χ4n) is 2.00. The first-order valence-corrected chi connectivity index (χ1v) is 7.66. The number of benzene rings is 1. The highest BCUT2D eigenvalue weighted by Crippen LogP contribution is 2.25. The summed E-state index contributed by atoms with van der Waals surface area (Å²) in [6, 6.07) is 3.58. The summed E-state index contributed by atoms with van der Waals surface area (Å²) in [5.41, 5.74) is -0.213. The van der Waals surface area contributed by atoms with Gasteiger partial charge in [0.15, 0.2) is 0 Å². The van der Waals surface area contributed by atoms with E-state index in [9.17, 15) is 13.2 Å². The van der Waals surface area contributed by atoms with Crippen LogP contribution in [0.5, 0.6) is 5.75 Å². The van der Waals surface area contributed by atoms with E-state index >= 15 is 0 Å². The van der Waals surface area contributed by atoms with Crippen LogP contribution in [0.15, 0.2) is 35.2 Å². The fraction of sp³-hybridized carbons (Fsp3) is 0.308. The second-order valence-corrected chi connectivity index (χ2v) is 6.08. The summed E-state index contributed by atoms with van der Waals surface area (Å²) >= 11 is 0. The summed E-state index contributed by atoms with van der Waals surface area (Å²) in [5.74, 6) is -1.12. The maximum absolute atomic E-state index is 11.2. The Kier molecular flexibility index (Phi) is 4.10. The molecule has 0 bridgehead atoms. The van der Waals surface area contributed by atoms with E-state index in [-0.39, 0.29) is 22.3 Å². The largest absolute Gasteiger partial charge is 0.485 e. The molecule has 2 rings (SSSR count). The number of carbonyl (C=O) groups is 1. The number of ether oxygens (including phenoxy) is 1. The Labute approximate surface area is 116 Å². The molecule has 1 unspecified atom stereocenters. The molecular weight excluding hydrogens is 282 g/mol. The summed E-state index contributed by atoms with van der Waals surface area (Å²) in [7, 11) is -3.94.